The van der Waals surface area contributed by atoms with E-state index in [1.165, 1.54) is 12.1 Å². The number of aliphatic imine (C=N–C) groups is 1. The van der Waals surface area contributed by atoms with Crippen LogP contribution in [0.25, 0.3) is 0 Å². The van der Waals surface area contributed by atoms with E-state index in [0.29, 0.717) is 18.7 Å². The van der Waals surface area contributed by atoms with Gasteiger partial charge in [0.15, 0.2) is 5.96 Å². The van der Waals surface area contributed by atoms with Gasteiger partial charge in [0.05, 0.1) is 5.56 Å². The van der Waals surface area contributed by atoms with Crippen LogP contribution < -0.4 is 5.32 Å². The second kappa shape index (κ2) is 11.7. The van der Waals surface area contributed by atoms with Crippen LogP contribution in [0.2, 0.25) is 0 Å². The van der Waals surface area contributed by atoms with E-state index in [2.05, 4.69) is 30.3 Å². The zero-order valence-corrected chi connectivity index (χ0v) is 20.1. The average Bonchev–Trinajstić information content (AvgIpc) is 3.19. The van der Waals surface area contributed by atoms with Gasteiger partial charge in [-0.05, 0) is 11.6 Å². The molecule has 0 saturated carbocycles. The first-order chi connectivity index (χ1) is 14.4. The van der Waals surface area contributed by atoms with Crippen LogP contribution in [0.3, 0.4) is 0 Å². The van der Waals surface area contributed by atoms with Crippen molar-refractivity contribution in [2.45, 2.75) is 32.6 Å². The maximum atomic E-state index is 12.9. The third-order valence-electron chi connectivity index (χ3n) is 5.19. The number of nitrogens with zero attached hydrogens (tertiary/aromatic N) is 6. The van der Waals surface area contributed by atoms with Crippen molar-refractivity contribution >= 4 is 29.9 Å². The molecule has 2 heterocycles. The summed E-state index contributed by atoms with van der Waals surface area (Å²) in [5.74, 6) is 1.79. The van der Waals surface area contributed by atoms with E-state index in [1.807, 2.05) is 11.5 Å². The van der Waals surface area contributed by atoms with Crippen LogP contribution in [0.4, 0.5) is 13.2 Å². The van der Waals surface area contributed by atoms with Gasteiger partial charge >= 0.3 is 6.18 Å². The van der Waals surface area contributed by atoms with Gasteiger partial charge in [-0.2, -0.15) is 13.2 Å². The highest BCUT2D eigenvalue weighted by atomic mass is 127. The second-order valence-corrected chi connectivity index (χ2v) is 7.23. The summed E-state index contributed by atoms with van der Waals surface area (Å²) in [7, 11) is 1.76. The molecular weight excluding hydrogens is 522 g/mol. The Morgan fingerprint density at radius 2 is 1.94 bits per heavy atom. The van der Waals surface area contributed by atoms with Gasteiger partial charge in [-0.1, -0.05) is 25.1 Å². The summed E-state index contributed by atoms with van der Waals surface area (Å²) < 4.78 is 40.8. The number of alkyl halides is 3. The Bertz CT molecular complexity index is 845. The van der Waals surface area contributed by atoms with E-state index < -0.39 is 11.7 Å². The number of halogens is 4. The van der Waals surface area contributed by atoms with Crippen molar-refractivity contribution in [3.05, 3.63) is 47.5 Å². The first-order valence-corrected chi connectivity index (χ1v) is 10.1. The Kier molecular flexibility index (Phi) is 9.54. The summed E-state index contributed by atoms with van der Waals surface area (Å²) in [6.45, 7) is 7.09. The number of hydrogen-bond donors (Lipinski definition) is 1. The number of aryl methyl sites for hydroxylation is 1. The number of piperazine rings is 1. The zero-order valence-electron chi connectivity index (χ0n) is 17.8. The van der Waals surface area contributed by atoms with Gasteiger partial charge < -0.3 is 14.8 Å². The summed E-state index contributed by atoms with van der Waals surface area (Å²) in [5.41, 5.74) is 0.0870. The highest BCUT2D eigenvalue weighted by Crippen LogP contribution is 2.29. The van der Waals surface area contributed by atoms with E-state index >= 15 is 0 Å². The smallest absolute Gasteiger partial charge is 0.354 e. The highest BCUT2D eigenvalue weighted by Gasteiger charge is 2.30. The van der Waals surface area contributed by atoms with Crippen molar-refractivity contribution in [3.8, 4) is 0 Å². The van der Waals surface area contributed by atoms with Crippen LogP contribution >= 0.6 is 24.0 Å². The fraction of sp³-hybridized carbons (Fsp3) is 0.550. The quantitative estimate of drug-likeness (QED) is 0.340. The summed E-state index contributed by atoms with van der Waals surface area (Å²) in [4.78, 5) is 8.71. The average molecular weight is 551 g/mol. The Balaban J connectivity index is 0.00000341. The standard InChI is InChI=1S/C20H28F3N7.HI/c1-3-18-27-26-15-30(18)8-7-25-19(24-2)29-11-9-28(10-12-29)14-16-5-4-6-17(13-16)20(21,22)23;/h4-6,13,15H,3,7-12,14H2,1-2H3,(H,24,25);1H. The topological polar surface area (TPSA) is 61.6 Å². The molecule has 1 N–H and O–H groups in total. The number of nitrogens with one attached hydrogen (secondary N) is 1. The molecule has 0 radical (unpaired) electrons. The van der Waals surface area contributed by atoms with Crippen LogP contribution in [-0.2, 0) is 25.7 Å². The molecule has 172 valence electrons. The van der Waals surface area contributed by atoms with E-state index in [1.54, 1.807) is 19.4 Å². The Labute approximate surface area is 197 Å². The van der Waals surface area contributed by atoms with E-state index in [0.717, 1.165) is 57.0 Å². The minimum Gasteiger partial charge on any atom is -0.354 e. The largest absolute Gasteiger partial charge is 0.416 e. The normalized spacial score (nSPS) is 15.6. The molecule has 0 spiro atoms. The molecule has 0 aliphatic carbocycles. The second-order valence-electron chi connectivity index (χ2n) is 7.23. The third-order valence-corrected chi connectivity index (χ3v) is 5.19. The number of aromatic nitrogens is 3. The molecule has 7 nitrogen and oxygen atoms in total. The summed E-state index contributed by atoms with van der Waals surface area (Å²) >= 11 is 0. The van der Waals surface area contributed by atoms with E-state index in [9.17, 15) is 13.2 Å². The highest BCUT2D eigenvalue weighted by molar-refractivity contribution is 14.0. The van der Waals surface area contributed by atoms with E-state index in [4.69, 9.17) is 0 Å². The van der Waals surface area contributed by atoms with Gasteiger partial charge in [-0.15, -0.1) is 34.2 Å². The molecule has 0 unspecified atom stereocenters. The molecule has 1 fully saturated rings. The van der Waals surface area contributed by atoms with Crippen molar-refractivity contribution in [2.75, 3.05) is 39.8 Å². The summed E-state index contributed by atoms with van der Waals surface area (Å²) in [6.07, 6.45) is -1.74. The molecule has 1 aromatic heterocycles. The molecule has 3 rings (SSSR count). The molecule has 1 saturated heterocycles. The number of guanidine groups is 1. The van der Waals surface area contributed by atoms with Gasteiger partial charge in [-0.25, -0.2) is 0 Å². The monoisotopic (exact) mass is 551 g/mol. The molecule has 0 atom stereocenters. The Morgan fingerprint density at radius 1 is 1.19 bits per heavy atom. The first kappa shape index (κ1) is 25.4. The van der Waals surface area contributed by atoms with Gasteiger partial charge in [0.1, 0.15) is 12.2 Å². The number of benzene rings is 1. The molecule has 31 heavy (non-hydrogen) atoms. The van der Waals surface area contributed by atoms with E-state index in [-0.39, 0.29) is 24.0 Å². The van der Waals surface area contributed by atoms with Crippen molar-refractivity contribution in [3.63, 3.8) is 0 Å². The number of rotatable bonds is 6. The third kappa shape index (κ3) is 7.06. The zero-order chi connectivity index (χ0) is 21.6. The maximum absolute atomic E-state index is 12.9. The van der Waals surface area contributed by atoms with Gasteiger partial charge in [0, 0.05) is 59.3 Å². The Hall–Kier alpha value is -1.89. The lowest BCUT2D eigenvalue weighted by atomic mass is 10.1. The molecule has 11 heteroatoms. The van der Waals surface area contributed by atoms with Gasteiger partial charge in [0.2, 0.25) is 0 Å². The molecule has 1 aliphatic heterocycles. The predicted molar refractivity (Wildman–Crippen MR) is 124 cm³/mol. The fourth-order valence-corrected chi connectivity index (χ4v) is 3.58. The maximum Gasteiger partial charge on any atom is 0.416 e. The van der Waals surface area contributed by atoms with Crippen LogP contribution in [0.15, 0.2) is 35.6 Å². The number of hydrogen-bond acceptors (Lipinski definition) is 4. The van der Waals surface area contributed by atoms with Crippen molar-refractivity contribution in [2.24, 2.45) is 4.99 Å². The van der Waals surface area contributed by atoms with Crippen LogP contribution in [-0.4, -0.2) is 70.3 Å². The lowest BCUT2D eigenvalue weighted by Gasteiger charge is -2.36. The minimum atomic E-state index is -4.31. The van der Waals surface area contributed by atoms with Crippen LogP contribution in [0.5, 0.6) is 0 Å². The minimum absolute atomic E-state index is 0. The molecule has 2 aromatic rings. The van der Waals surface area contributed by atoms with Crippen molar-refractivity contribution in [1.29, 1.82) is 0 Å². The summed E-state index contributed by atoms with van der Waals surface area (Å²) in [5, 5.41) is 11.4. The Morgan fingerprint density at radius 3 is 2.58 bits per heavy atom. The molecule has 0 amide bonds. The van der Waals surface area contributed by atoms with Crippen molar-refractivity contribution in [1.82, 2.24) is 29.9 Å². The summed E-state index contributed by atoms with van der Waals surface area (Å²) in [6, 6.07) is 5.57. The van der Waals surface area contributed by atoms with Crippen LogP contribution in [0, 0.1) is 0 Å². The lowest BCUT2D eigenvalue weighted by molar-refractivity contribution is -0.137. The fourth-order valence-electron chi connectivity index (χ4n) is 3.58. The lowest BCUT2D eigenvalue weighted by Crippen LogP contribution is -2.52. The van der Waals surface area contributed by atoms with Crippen LogP contribution in [0.1, 0.15) is 23.9 Å². The first-order valence-electron chi connectivity index (χ1n) is 10.1. The van der Waals surface area contributed by atoms with Gasteiger partial charge in [-0.3, -0.25) is 9.89 Å². The molecule has 0 bridgehead atoms. The molecule has 1 aliphatic rings. The molecule has 1 aromatic carbocycles. The molecular formula is C20H29F3IN7. The van der Waals surface area contributed by atoms with Crippen molar-refractivity contribution < 1.29 is 13.2 Å². The predicted octanol–water partition coefficient (Wildman–Crippen LogP) is 2.87. The van der Waals surface area contributed by atoms with Gasteiger partial charge in [0.25, 0.3) is 0 Å². The SMILES string of the molecule is CCc1nncn1CCNC(=NC)N1CCN(Cc2cccc(C(F)(F)F)c2)CC1.I.